The number of nitrogens with zero attached hydrogens (tertiary/aromatic N) is 1. The van der Waals surface area contributed by atoms with Gasteiger partial charge in [0.2, 0.25) is 0 Å². The summed E-state index contributed by atoms with van der Waals surface area (Å²) in [6.45, 7) is 9.26. The summed E-state index contributed by atoms with van der Waals surface area (Å²) in [6.07, 6.45) is 6.80. The van der Waals surface area contributed by atoms with Crippen molar-refractivity contribution in [3.8, 4) is 0 Å². The van der Waals surface area contributed by atoms with Gasteiger partial charge >= 0.3 is 109 Å². The van der Waals surface area contributed by atoms with E-state index in [1.165, 1.54) is 31.8 Å². The van der Waals surface area contributed by atoms with Crippen molar-refractivity contribution in [3.63, 3.8) is 0 Å². The predicted octanol–water partition coefficient (Wildman–Crippen LogP) is -0.396. The van der Waals surface area contributed by atoms with Gasteiger partial charge in [0.1, 0.15) is 0 Å². The summed E-state index contributed by atoms with van der Waals surface area (Å²) >= 11 is -0.122. The molecule has 2 rings (SSSR count). The van der Waals surface area contributed by atoms with Crippen LogP contribution in [0, 0.1) is 11.8 Å². The summed E-state index contributed by atoms with van der Waals surface area (Å²) in [5, 5.41) is 0. The van der Waals surface area contributed by atoms with Gasteiger partial charge in [-0.15, -0.1) is 0 Å². The molecule has 1 amide bonds. The van der Waals surface area contributed by atoms with Crippen LogP contribution in [0.25, 0.3) is 0 Å². The van der Waals surface area contributed by atoms with Gasteiger partial charge in [-0.2, -0.15) is 0 Å². The summed E-state index contributed by atoms with van der Waals surface area (Å²) in [4.78, 5) is 11.7. The van der Waals surface area contributed by atoms with Crippen LogP contribution in [0.3, 0.4) is 0 Å². The summed E-state index contributed by atoms with van der Waals surface area (Å²) in [5.41, 5.74) is 0. The van der Waals surface area contributed by atoms with Crippen LogP contribution < -0.4 is 21.5 Å². The monoisotopic (exact) mass is 334 g/mol. The molecule has 92 valence electrons. The van der Waals surface area contributed by atoms with Crippen molar-refractivity contribution in [2.75, 3.05) is 6.54 Å². The van der Waals surface area contributed by atoms with Gasteiger partial charge in [0, 0.05) is 0 Å². The van der Waals surface area contributed by atoms with E-state index in [4.69, 9.17) is 0 Å². The van der Waals surface area contributed by atoms with E-state index in [1.54, 1.807) is 0 Å². The van der Waals surface area contributed by atoms with E-state index >= 15 is 0 Å². The summed E-state index contributed by atoms with van der Waals surface area (Å²) < 4.78 is 2.67. The van der Waals surface area contributed by atoms with Gasteiger partial charge in [-0.05, 0) is 0 Å². The molecule has 2 nitrogen and oxygen atoms in total. The fourth-order valence-corrected chi connectivity index (χ4v) is 7.76. The third-order valence-corrected chi connectivity index (χ3v) is 8.35. The molecule has 0 bridgehead atoms. The summed E-state index contributed by atoms with van der Waals surface area (Å²) in [5.74, 6) is 1.83. The van der Waals surface area contributed by atoms with E-state index in [0.717, 1.165) is 18.4 Å². The van der Waals surface area contributed by atoms with E-state index in [9.17, 15) is 4.79 Å². The molecule has 1 saturated carbocycles. The predicted molar refractivity (Wildman–Crippen MR) is 61.4 cm³/mol. The molecule has 0 N–H and O–H groups in total. The summed E-state index contributed by atoms with van der Waals surface area (Å²) in [6, 6.07) is 0. The van der Waals surface area contributed by atoms with Crippen molar-refractivity contribution in [1.82, 2.24) is 3.11 Å². The maximum absolute atomic E-state index is 11.7. The van der Waals surface area contributed by atoms with Crippen LogP contribution in [0.2, 0.25) is 0 Å². The third-order valence-electron chi connectivity index (χ3n) is 3.97. The molecule has 1 saturated heterocycles. The third kappa shape index (κ3) is 2.03. The first-order valence-corrected chi connectivity index (χ1v) is 8.23. The van der Waals surface area contributed by atoms with Crippen LogP contribution in [0.4, 0.5) is 0 Å². The molecule has 2 aliphatic rings. The number of amides is 1. The van der Waals surface area contributed by atoms with Gasteiger partial charge in [-0.3, -0.25) is 0 Å². The quantitative estimate of drug-likeness (QED) is 0.291. The maximum atomic E-state index is 11.7. The molecular formula is C13H21INO-. The first kappa shape index (κ1) is 12.4. The van der Waals surface area contributed by atoms with Crippen LogP contribution in [-0.2, 0) is 4.79 Å². The van der Waals surface area contributed by atoms with Crippen molar-refractivity contribution in [2.45, 2.75) is 43.0 Å². The Kier molecular flexibility index (Phi) is 3.62. The molecule has 2 fully saturated rings. The van der Waals surface area contributed by atoms with E-state index < -0.39 is 0 Å². The molecule has 2 atom stereocenters. The van der Waals surface area contributed by atoms with Crippen LogP contribution in [0.5, 0.6) is 0 Å². The van der Waals surface area contributed by atoms with Crippen LogP contribution in [0.1, 0.15) is 39.5 Å². The zero-order valence-corrected chi connectivity index (χ0v) is 12.4. The minimum atomic E-state index is -0.122. The van der Waals surface area contributed by atoms with E-state index in [-0.39, 0.29) is 27.4 Å². The molecule has 16 heavy (non-hydrogen) atoms. The zero-order chi connectivity index (χ0) is 11.8. The van der Waals surface area contributed by atoms with E-state index in [1.807, 2.05) is 0 Å². The Hall–Kier alpha value is -0.0600. The minimum absolute atomic E-state index is 0.122. The number of carbonyl (C=O) groups excluding carboxylic acids is 1. The Morgan fingerprint density at radius 3 is 2.81 bits per heavy atom. The molecule has 3 heteroatoms. The standard InChI is InChI=1S/C13H21INO/c1-4-12(16)15-9-5-7-13(14-15)8-6-11(13)10(2)3/h4,10-11H,1,5-9H2,2-3H3/q-1. The van der Waals surface area contributed by atoms with Gasteiger partial charge in [-0.1, -0.05) is 0 Å². The molecule has 1 spiro atoms. The number of carbonyl (C=O) groups is 1. The second-order valence-electron chi connectivity index (χ2n) is 5.24. The molecule has 0 aromatic heterocycles. The SMILES string of the molecule is C=CC(=O)N1CCCC2(CCC2C(C)C)[I-]1. The Bertz CT molecular complexity index is 302. The van der Waals surface area contributed by atoms with Gasteiger partial charge in [0.05, 0.1) is 0 Å². The van der Waals surface area contributed by atoms with Gasteiger partial charge in [-0.25, -0.2) is 0 Å². The Morgan fingerprint density at radius 1 is 1.56 bits per heavy atom. The fraction of sp³-hybridized carbons (Fsp3) is 0.769. The fourth-order valence-electron chi connectivity index (χ4n) is 3.02. The van der Waals surface area contributed by atoms with E-state index in [0.29, 0.717) is 3.42 Å². The Labute approximate surface area is 109 Å². The van der Waals surface area contributed by atoms with Crippen LogP contribution in [-0.4, -0.2) is 19.0 Å². The summed E-state index contributed by atoms with van der Waals surface area (Å²) in [7, 11) is 0. The van der Waals surface area contributed by atoms with Crippen LogP contribution >= 0.6 is 0 Å². The topological polar surface area (TPSA) is 20.3 Å². The molecule has 2 unspecified atom stereocenters. The molecule has 0 radical (unpaired) electrons. The van der Waals surface area contributed by atoms with Crippen molar-refractivity contribution in [2.24, 2.45) is 11.8 Å². The van der Waals surface area contributed by atoms with Crippen molar-refractivity contribution in [3.05, 3.63) is 12.7 Å². The Balaban J connectivity index is 2.06. The molecule has 1 aliphatic carbocycles. The molecule has 0 aromatic rings. The second-order valence-corrected chi connectivity index (χ2v) is 9.04. The van der Waals surface area contributed by atoms with Crippen molar-refractivity contribution < 1.29 is 26.3 Å². The zero-order valence-electron chi connectivity index (χ0n) is 10.2. The van der Waals surface area contributed by atoms with Gasteiger partial charge in [0.25, 0.3) is 0 Å². The second kappa shape index (κ2) is 4.67. The first-order valence-electron chi connectivity index (χ1n) is 6.19. The first-order chi connectivity index (χ1) is 7.59. The van der Waals surface area contributed by atoms with E-state index in [2.05, 4.69) is 23.5 Å². The number of hydrogen-bond acceptors (Lipinski definition) is 1. The molecule has 1 aliphatic heterocycles. The number of rotatable bonds is 2. The molecular weight excluding hydrogens is 313 g/mol. The molecule has 1 heterocycles. The normalized spacial score (nSPS) is 34.4. The average Bonchev–Trinajstić information content (AvgIpc) is 2.26. The Morgan fingerprint density at radius 2 is 2.31 bits per heavy atom. The van der Waals surface area contributed by atoms with Crippen molar-refractivity contribution >= 4 is 5.91 Å². The van der Waals surface area contributed by atoms with Crippen LogP contribution in [0.15, 0.2) is 12.7 Å². The number of alkyl halides is 1. The van der Waals surface area contributed by atoms with Gasteiger partial charge < -0.3 is 0 Å². The van der Waals surface area contributed by atoms with Crippen molar-refractivity contribution in [1.29, 1.82) is 0 Å². The average molecular weight is 334 g/mol. The number of hydrogen-bond donors (Lipinski definition) is 0. The number of halogens is 1. The molecule has 0 aromatic carbocycles. The van der Waals surface area contributed by atoms with Gasteiger partial charge in [0.15, 0.2) is 0 Å².